The van der Waals surface area contributed by atoms with Crippen LogP contribution in [0.15, 0.2) is 60.9 Å². The summed E-state index contributed by atoms with van der Waals surface area (Å²) in [4.78, 5) is 16.7. The van der Waals surface area contributed by atoms with E-state index in [2.05, 4.69) is 21.7 Å². The van der Waals surface area contributed by atoms with Crippen LogP contribution in [0.3, 0.4) is 0 Å². The Bertz CT molecular complexity index is 1050. The summed E-state index contributed by atoms with van der Waals surface area (Å²) in [6.07, 6.45) is 3.40. The molecule has 114 valence electrons. The van der Waals surface area contributed by atoms with Crippen molar-refractivity contribution >= 4 is 33.8 Å². The van der Waals surface area contributed by atoms with Crippen molar-refractivity contribution in [3.63, 3.8) is 0 Å². The van der Waals surface area contributed by atoms with Gasteiger partial charge in [-0.3, -0.25) is 9.78 Å². The maximum absolute atomic E-state index is 12.3. The third-order valence-electron chi connectivity index (χ3n) is 3.92. The Balaban J connectivity index is 1.78. The number of pyridine rings is 1. The number of hydrogen-bond donors (Lipinski definition) is 2. The third-order valence-corrected chi connectivity index (χ3v) is 3.92. The molecule has 1 aliphatic heterocycles. The molecule has 0 atom stereocenters. The zero-order valence-corrected chi connectivity index (χ0v) is 12.6. The highest BCUT2D eigenvalue weighted by atomic mass is 16.2. The normalized spacial score (nSPS) is 14.3. The SMILES string of the molecule is N#Cc1cccc(NC=C2C(=O)Nc3ccc4ncccc4c32)c1. The molecule has 0 saturated heterocycles. The second-order valence-electron chi connectivity index (χ2n) is 5.41. The molecule has 5 nitrogen and oxygen atoms in total. The van der Waals surface area contributed by atoms with Gasteiger partial charge in [0.1, 0.15) is 0 Å². The van der Waals surface area contributed by atoms with Gasteiger partial charge in [0.05, 0.1) is 22.7 Å². The van der Waals surface area contributed by atoms with Crippen LogP contribution in [-0.2, 0) is 4.79 Å². The summed E-state index contributed by atoms with van der Waals surface area (Å²) in [5, 5.41) is 15.9. The molecule has 4 rings (SSSR count). The van der Waals surface area contributed by atoms with Crippen molar-refractivity contribution in [1.82, 2.24) is 4.98 Å². The molecule has 1 aromatic heterocycles. The molecule has 0 aliphatic carbocycles. The predicted octanol–water partition coefficient (Wildman–Crippen LogP) is 3.51. The number of carbonyl (C=O) groups excluding carboxylic acids is 1. The average molecular weight is 312 g/mol. The van der Waals surface area contributed by atoms with Crippen molar-refractivity contribution in [1.29, 1.82) is 5.26 Å². The molecule has 0 saturated carbocycles. The summed E-state index contributed by atoms with van der Waals surface area (Å²) in [7, 11) is 0. The lowest BCUT2D eigenvalue weighted by Gasteiger charge is -2.05. The van der Waals surface area contributed by atoms with E-state index in [0.717, 1.165) is 27.8 Å². The van der Waals surface area contributed by atoms with Crippen molar-refractivity contribution in [2.24, 2.45) is 0 Å². The Morgan fingerprint density at radius 2 is 2.08 bits per heavy atom. The van der Waals surface area contributed by atoms with Gasteiger partial charge in [0.25, 0.3) is 5.91 Å². The van der Waals surface area contributed by atoms with Crippen LogP contribution in [0.2, 0.25) is 0 Å². The van der Waals surface area contributed by atoms with E-state index in [0.29, 0.717) is 11.1 Å². The second-order valence-corrected chi connectivity index (χ2v) is 5.41. The minimum atomic E-state index is -0.162. The van der Waals surface area contributed by atoms with E-state index in [4.69, 9.17) is 5.26 Å². The van der Waals surface area contributed by atoms with Crippen molar-refractivity contribution in [3.8, 4) is 6.07 Å². The van der Waals surface area contributed by atoms with Crippen LogP contribution in [0.5, 0.6) is 0 Å². The maximum Gasteiger partial charge on any atom is 0.257 e. The summed E-state index contributed by atoms with van der Waals surface area (Å²) >= 11 is 0. The minimum absolute atomic E-state index is 0.162. The lowest BCUT2D eigenvalue weighted by molar-refractivity contribution is -0.110. The van der Waals surface area contributed by atoms with Crippen LogP contribution in [0, 0.1) is 11.3 Å². The third kappa shape index (κ3) is 2.27. The fourth-order valence-electron chi connectivity index (χ4n) is 2.82. The molecule has 2 aromatic carbocycles. The van der Waals surface area contributed by atoms with E-state index in [1.54, 1.807) is 30.6 Å². The summed E-state index contributed by atoms with van der Waals surface area (Å²) in [5.41, 5.74) is 4.32. The largest absolute Gasteiger partial charge is 0.361 e. The predicted molar refractivity (Wildman–Crippen MR) is 93.1 cm³/mol. The molecule has 0 radical (unpaired) electrons. The quantitative estimate of drug-likeness (QED) is 0.710. The topological polar surface area (TPSA) is 77.8 Å². The molecule has 3 aromatic rings. The molecule has 2 N–H and O–H groups in total. The molecule has 0 unspecified atom stereocenters. The first-order valence-electron chi connectivity index (χ1n) is 7.42. The van der Waals surface area contributed by atoms with Gasteiger partial charge in [-0.2, -0.15) is 5.26 Å². The molecule has 24 heavy (non-hydrogen) atoms. The van der Waals surface area contributed by atoms with E-state index in [-0.39, 0.29) is 5.91 Å². The monoisotopic (exact) mass is 312 g/mol. The van der Waals surface area contributed by atoms with Crippen molar-refractivity contribution in [2.75, 3.05) is 10.6 Å². The van der Waals surface area contributed by atoms with Crippen LogP contribution in [0.25, 0.3) is 16.5 Å². The average Bonchev–Trinajstić information content (AvgIpc) is 2.96. The Kier molecular flexibility index (Phi) is 3.22. The number of amides is 1. The van der Waals surface area contributed by atoms with Gasteiger partial charge in [-0.05, 0) is 36.4 Å². The van der Waals surface area contributed by atoms with Gasteiger partial charge in [-0.25, -0.2) is 0 Å². The summed E-state index contributed by atoms with van der Waals surface area (Å²) in [6.45, 7) is 0. The van der Waals surface area contributed by atoms with Gasteiger partial charge < -0.3 is 10.6 Å². The molecular weight excluding hydrogens is 300 g/mol. The number of anilines is 2. The van der Waals surface area contributed by atoms with Gasteiger partial charge >= 0.3 is 0 Å². The lowest BCUT2D eigenvalue weighted by Crippen LogP contribution is -2.05. The van der Waals surface area contributed by atoms with Gasteiger partial charge in [0, 0.05) is 34.7 Å². The molecule has 0 fully saturated rings. The fraction of sp³-hybridized carbons (Fsp3) is 0. The highest BCUT2D eigenvalue weighted by Gasteiger charge is 2.26. The van der Waals surface area contributed by atoms with Crippen LogP contribution in [-0.4, -0.2) is 10.9 Å². The Labute approximate surface area is 138 Å². The molecule has 0 bridgehead atoms. The van der Waals surface area contributed by atoms with E-state index < -0.39 is 0 Å². The number of benzene rings is 2. The van der Waals surface area contributed by atoms with E-state index >= 15 is 0 Å². The number of fused-ring (bicyclic) bond motifs is 3. The summed E-state index contributed by atoms with van der Waals surface area (Å²) in [5.74, 6) is -0.162. The molecular formula is C19H12N4O. The first-order chi connectivity index (χ1) is 11.8. The minimum Gasteiger partial charge on any atom is -0.361 e. The highest BCUT2D eigenvalue weighted by molar-refractivity contribution is 6.34. The molecule has 1 aliphatic rings. The van der Waals surface area contributed by atoms with Crippen molar-refractivity contribution in [3.05, 3.63) is 72.1 Å². The molecule has 1 amide bonds. The standard InChI is InChI=1S/C19H12N4O/c20-10-12-3-1-4-13(9-12)22-11-15-18-14-5-2-8-21-16(14)6-7-17(18)23-19(15)24/h1-9,11,22H,(H,23,24). The second kappa shape index (κ2) is 5.52. The smallest absolute Gasteiger partial charge is 0.257 e. The summed E-state index contributed by atoms with van der Waals surface area (Å²) in [6, 6.07) is 16.8. The number of nitrogens with one attached hydrogen (secondary N) is 2. The molecule has 2 heterocycles. The number of aromatic nitrogens is 1. The van der Waals surface area contributed by atoms with Crippen molar-refractivity contribution < 1.29 is 4.79 Å². The Morgan fingerprint density at radius 1 is 1.17 bits per heavy atom. The summed E-state index contributed by atoms with van der Waals surface area (Å²) < 4.78 is 0. The van der Waals surface area contributed by atoms with Crippen LogP contribution in [0.4, 0.5) is 11.4 Å². The Morgan fingerprint density at radius 3 is 2.96 bits per heavy atom. The first kappa shape index (κ1) is 14.0. The fourth-order valence-corrected chi connectivity index (χ4v) is 2.82. The van der Waals surface area contributed by atoms with Crippen LogP contribution in [0.1, 0.15) is 11.1 Å². The first-order valence-corrected chi connectivity index (χ1v) is 7.42. The number of carbonyl (C=O) groups is 1. The lowest BCUT2D eigenvalue weighted by atomic mass is 10.0. The molecule has 5 heteroatoms. The van der Waals surface area contributed by atoms with E-state index in [9.17, 15) is 4.79 Å². The number of rotatable bonds is 2. The highest BCUT2D eigenvalue weighted by Crippen LogP contribution is 2.36. The maximum atomic E-state index is 12.3. The zero-order chi connectivity index (χ0) is 16.5. The van der Waals surface area contributed by atoms with Gasteiger partial charge in [0.2, 0.25) is 0 Å². The van der Waals surface area contributed by atoms with Gasteiger partial charge in [-0.15, -0.1) is 0 Å². The number of hydrogen-bond acceptors (Lipinski definition) is 4. The van der Waals surface area contributed by atoms with Gasteiger partial charge in [-0.1, -0.05) is 12.1 Å². The van der Waals surface area contributed by atoms with E-state index in [1.807, 2.05) is 30.3 Å². The Hall–Kier alpha value is -3.65. The number of nitriles is 1. The van der Waals surface area contributed by atoms with Crippen molar-refractivity contribution in [2.45, 2.75) is 0 Å². The van der Waals surface area contributed by atoms with Crippen LogP contribution < -0.4 is 10.6 Å². The zero-order valence-electron chi connectivity index (χ0n) is 12.6. The molecule has 0 spiro atoms. The number of nitrogens with zero attached hydrogens (tertiary/aromatic N) is 2. The van der Waals surface area contributed by atoms with Gasteiger partial charge in [0.15, 0.2) is 0 Å². The van der Waals surface area contributed by atoms with E-state index in [1.165, 1.54) is 0 Å². The van der Waals surface area contributed by atoms with Crippen LogP contribution >= 0.6 is 0 Å².